The maximum absolute atomic E-state index is 12.8. The third-order valence-corrected chi connectivity index (χ3v) is 5.15. The number of nitrogens with one attached hydrogen (secondary N) is 1. The van der Waals surface area contributed by atoms with E-state index in [1.54, 1.807) is 30.0 Å². The summed E-state index contributed by atoms with van der Waals surface area (Å²) in [5.41, 5.74) is 6.65. The van der Waals surface area contributed by atoms with E-state index in [1.165, 1.54) is 0 Å². The average molecular weight is 396 g/mol. The molecule has 0 spiro atoms. The summed E-state index contributed by atoms with van der Waals surface area (Å²) in [6.45, 7) is 4.98. The zero-order valence-corrected chi connectivity index (χ0v) is 16.4. The number of amides is 2. The van der Waals surface area contributed by atoms with Crippen LogP contribution in [0.3, 0.4) is 0 Å². The van der Waals surface area contributed by atoms with Crippen molar-refractivity contribution >= 4 is 35.7 Å². The van der Waals surface area contributed by atoms with Crippen LogP contribution in [0.25, 0.3) is 0 Å². The van der Waals surface area contributed by atoms with E-state index >= 15 is 0 Å². The molecule has 3 rings (SSSR count). The van der Waals surface area contributed by atoms with Crippen LogP contribution in [0, 0.1) is 11.8 Å². The Kier molecular flexibility index (Phi) is 6.84. The molecular weight excluding hydrogens is 370 g/mol. The highest BCUT2D eigenvalue weighted by atomic mass is 35.5. The van der Waals surface area contributed by atoms with E-state index in [1.807, 2.05) is 6.92 Å². The van der Waals surface area contributed by atoms with Gasteiger partial charge in [0, 0.05) is 37.0 Å². The van der Waals surface area contributed by atoms with Crippen LogP contribution in [0.15, 0.2) is 18.2 Å². The van der Waals surface area contributed by atoms with Gasteiger partial charge in [-0.05, 0) is 38.0 Å². The van der Waals surface area contributed by atoms with Gasteiger partial charge in [0.25, 0.3) is 5.91 Å². The molecule has 2 atom stereocenters. The zero-order chi connectivity index (χ0) is 18.8. The number of ketones is 1. The first kappa shape index (κ1) is 21.2. The molecule has 1 aromatic carbocycles. The molecule has 0 aromatic heterocycles. The summed E-state index contributed by atoms with van der Waals surface area (Å²) < 4.78 is 5.52. The quantitative estimate of drug-likeness (QED) is 0.757. The number of hydrogen-bond donors (Lipinski definition) is 2. The predicted molar refractivity (Wildman–Crippen MR) is 104 cm³/mol. The predicted octanol–water partition coefficient (Wildman–Crippen LogP) is 1.84. The molecule has 8 heteroatoms. The molecule has 0 saturated carbocycles. The Hall–Kier alpha value is -2.12. The zero-order valence-electron chi connectivity index (χ0n) is 15.6. The van der Waals surface area contributed by atoms with E-state index in [0.717, 1.165) is 0 Å². The molecule has 2 heterocycles. The van der Waals surface area contributed by atoms with Gasteiger partial charge in [-0.3, -0.25) is 14.4 Å². The minimum absolute atomic E-state index is 0. The van der Waals surface area contributed by atoms with Crippen molar-refractivity contribution in [1.29, 1.82) is 0 Å². The van der Waals surface area contributed by atoms with E-state index < -0.39 is 6.10 Å². The lowest BCUT2D eigenvalue weighted by molar-refractivity contribution is -0.135. The molecule has 2 aliphatic rings. The average Bonchev–Trinajstić information content (AvgIpc) is 2.67. The third-order valence-electron chi connectivity index (χ3n) is 5.15. The molecule has 148 valence electrons. The highest BCUT2D eigenvalue weighted by Crippen LogP contribution is 2.32. The number of benzene rings is 1. The number of hydrogen-bond acceptors (Lipinski definition) is 5. The maximum Gasteiger partial charge on any atom is 0.265 e. The lowest BCUT2D eigenvalue weighted by Crippen LogP contribution is -2.44. The van der Waals surface area contributed by atoms with Gasteiger partial charge in [-0.2, -0.15) is 0 Å². The summed E-state index contributed by atoms with van der Waals surface area (Å²) in [4.78, 5) is 38.6. The number of piperidine rings is 1. The van der Waals surface area contributed by atoms with E-state index in [9.17, 15) is 14.4 Å². The van der Waals surface area contributed by atoms with Gasteiger partial charge in [-0.25, -0.2) is 0 Å². The van der Waals surface area contributed by atoms with Crippen molar-refractivity contribution < 1.29 is 19.1 Å². The molecule has 2 aliphatic heterocycles. The minimum atomic E-state index is -0.540. The number of carbonyl (C=O) groups excluding carboxylic acids is 3. The molecular formula is C19H26ClN3O4. The number of Topliss-reactive ketones (excluding diaryl/α,β-unsaturated/α-hetero) is 1. The highest BCUT2D eigenvalue weighted by molar-refractivity contribution is 6.02. The fraction of sp³-hybridized carbons (Fsp3) is 0.526. The normalized spacial score (nSPS) is 20.6. The second-order valence-corrected chi connectivity index (χ2v) is 7.06. The summed E-state index contributed by atoms with van der Waals surface area (Å²) in [5, 5.41) is 2.77. The summed E-state index contributed by atoms with van der Waals surface area (Å²) in [6.07, 6.45) is 0.736. The lowest BCUT2D eigenvalue weighted by Gasteiger charge is -2.33. The van der Waals surface area contributed by atoms with Gasteiger partial charge in [0.2, 0.25) is 5.91 Å². The maximum atomic E-state index is 12.8. The number of halogens is 1. The fourth-order valence-electron chi connectivity index (χ4n) is 3.37. The monoisotopic (exact) mass is 395 g/mol. The summed E-state index contributed by atoms with van der Waals surface area (Å²) in [5.74, 6) is 0.145. The molecule has 3 N–H and O–H groups in total. The van der Waals surface area contributed by atoms with Gasteiger partial charge in [0.1, 0.15) is 5.75 Å². The number of rotatable bonds is 4. The molecule has 1 fully saturated rings. The highest BCUT2D eigenvalue weighted by Gasteiger charge is 2.30. The molecule has 7 nitrogen and oxygen atoms in total. The summed E-state index contributed by atoms with van der Waals surface area (Å²) in [6, 6.07) is 5.13. The number of carbonyl (C=O) groups is 3. The van der Waals surface area contributed by atoms with Crippen molar-refractivity contribution in [2.75, 3.05) is 25.0 Å². The van der Waals surface area contributed by atoms with E-state index in [0.29, 0.717) is 49.5 Å². The Morgan fingerprint density at radius 3 is 2.63 bits per heavy atom. The van der Waals surface area contributed by atoms with Crippen molar-refractivity contribution in [2.45, 2.75) is 32.8 Å². The molecule has 0 aliphatic carbocycles. The Morgan fingerprint density at radius 2 is 2.00 bits per heavy atom. The standard InChI is InChI=1S/C19H25N3O4.ClH/c1-11(10-20)19(25)22-7-5-13(6-8-22)17(23)14-3-4-16-15(9-14)21-18(24)12(2)26-16;/h3-4,9,11-13H,5-8,10,20H2,1-2H3,(H,21,24);1H. The summed E-state index contributed by atoms with van der Waals surface area (Å²) in [7, 11) is 0. The van der Waals surface area contributed by atoms with Crippen LogP contribution in [-0.2, 0) is 9.59 Å². The number of anilines is 1. The number of nitrogens with two attached hydrogens (primary N) is 1. The van der Waals surface area contributed by atoms with Crippen LogP contribution in [-0.4, -0.2) is 48.2 Å². The first-order chi connectivity index (χ1) is 12.4. The molecule has 1 saturated heterocycles. The topological polar surface area (TPSA) is 102 Å². The SMILES string of the molecule is CC(CN)C(=O)N1CCC(C(=O)c2ccc3c(c2)NC(=O)C(C)O3)CC1.Cl. The number of nitrogens with zero attached hydrogens (tertiary/aromatic N) is 1. The van der Waals surface area contributed by atoms with Crippen LogP contribution in [0.1, 0.15) is 37.0 Å². The molecule has 2 amide bonds. The van der Waals surface area contributed by atoms with Crippen LogP contribution >= 0.6 is 12.4 Å². The van der Waals surface area contributed by atoms with Crippen molar-refractivity contribution in [3.63, 3.8) is 0 Å². The Morgan fingerprint density at radius 1 is 1.33 bits per heavy atom. The lowest BCUT2D eigenvalue weighted by atomic mass is 9.88. The van der Waals surface area contributed by atoms with E-state index in [-0.39, 0.29) is 41.8 Å². The Labute approximate surface area is 165 Å². The largest absolute Gasteiger partial charge is 0.479 e. The smallest absolute Gasteiger partial charge is 0.265 e. The molecule has 0 bridgehead atoms. The minimum Gasteiger partial charge on any atom is -0.479 e. The third kappa shape index (κ3) is 4.42. The van der Waals surface area contributed by atoms with Crippen LogP contribution in [0.2, 0.25) is 0 Å². The first-order valence-electron chi connectivity index (χ1n) is 9.05. The Bertz CT molecular complexity index is 732. The van der Waals surface area contributed by atoms with Crippen molar-refractivity contribution in [2.24, 2.45) is 17.6 Å². The van der Waals surface area contributed by atoms with E-state index in [4.69, 9.17) is 10.5 Å². The Balaban J connectivity index is 0.00000261. The first-order valence-corrected chi connectivity index (χ1v) is 9.05. The van der Waals surface area contributed by atoms with Gasteiger partial charge < -0.3 is 20.7 Å². The van der Waals surface area contributed by atoms with Crippen LogP contribution < -0.4 is 15.8 Å². The summed E-state index contributed by atoms with van der Waals surface area (Å²) >= 11 is 0. The number of ether oxygens (including phenoxy) is 1. The van der Waals surface area contributed by atoms with Gasteiger partial charge in [-0.15, -0.1) is 12.4 Å². The van der Waals surface area contributed by atoms with Gasteiger partial charge >= 0.3 is 0 Å². The van der Waals surface area contributed by atoms with Crippen molar-refractivity contribution in [3.05, 3.63) is 23.8 Å². The van der Waals surface area contributed by atoms with Crippen molar-refractivity contribution in [1.82, 2.24) is 4.90 Å². The van der Waals surface area contributed by atoms with Gasteiger partial charge in [0.15, 0.2) is 11.9 Å². The van der Waals surface area contributed by atoms with Crippen molar-refractivity contribution in [3.8, 4) is 5.75 Å². The van der Waals surface area contributed by atoms with Gasteiger partial charge in [0.05, 0.1) is 5.69 Å². The molecule has 1 aromatic rings. The van der Waals surface area contributed by atoms with Crippen LogP contribution in [0.4, 0.5) is 5.69 Å². The fourth-order valence-corrected chi connectivity index (χ4v) is 3.37. The second kappa shape index (κ2) is 8.71. The number of fused-ring (bicyclic) bond motifs is 1. The molecule has 2 unspecified atom stereocenters. The molecule has 27 heavy (non-hydrogen) atoms. The molecule has 0 radical (unpaired) electrons. The second-order valence-electron chi connectivity index (χ2n) is 7.06. The van der Waals surface area contributed by atoms with Gasteiger partial charge in [-0.1, -0.05) is 6.92 Å². The van der Waals surface area contributed by atoms with E-state index in [2.05, 4.69) is 5.32 Å². The van der Waals surface area contributed by atoms with Crippen LogP contribution in [0.5, 0.6) is 5.75 Å². The number of likely N-dealkylation sites (tertiary alicyclic amines) is 1.